The van der Waals surface area contributed by atoms with Gasteiger partial charge in [0.1, 0.15) is 0 Å². The summed E-state index contributed by atoms with van der Waals surface area (Å²) < 4.78 is 0. The van der Waals surface area contributed by atoms with Crippen LogP contribution in [0.15, 0.2) is 73.2 Å². The Labute approximate surface area is 147 Å². The van der Waals surface area contributed by atoms with Crippen LogP contribution in [0.2, 0.25) is 0 Å². The van der Waals surface area contributed by atoms with Gasteiger partial charge in [-0.2, -0.15) is 0 Å². The fourth-order valence-corrected chi connectivity index (χ4v) is 2.33. The molecule has 4 nitrogen and oxygen atoms in total. The van der Waals surface area contributed by atoms with E-state index in [2.05, 4.69) is 19.9 Å². The third-order valence-corrected chi connectivity index (χ3v) is 3.34. The van der Waals surface area contributed by atoms with Gasteiger partial charge in [0.15, 0.2) is 0 Å². The molecule has 0 spiro atoms. The first-order valence-corrected chi connectivity index (χ1v) is 7.32. The van der Waals surface area contributed by atoms with Crippen molar-refractivity contribution in [3.8, 4) is 0 Å². The van der Waals surface area contributed by atoms with Crippen LogP contribution in [0.5, 0.6) is 0 Å². The molecule has 0 bridgehead atoms. The summed E-state index contributed by atoms with van der Waals surface area (Å²) in [6.07, 6.45) is 5.49. The van der Waals surface area contributed by atoms with Gasteiger partial charge in [-0.05, 0) is 36.4 Å². The van der Waals surface area contributed by atoms with Gasteiger partial charge in [-0.25, -0.2) is 0 Å². The minimum atomic E-state index is 0. The number of hydrogen-bond donors (Lipinski definition) is 0. The Bertz CT molecular complexity index is 578. The minimum absolute atomic E-state index is 0. The molecule has 0 fully saturated rings. The second-order valence-corrected chi connectivity index (χ2v) is 5.11. The van der Waals surface area contributed by atoms with E-state index in [9.17, 15) is 0 Å². The molecule has 0 aliphatic rings. The zero-order chi connectivity index (χ0) is 15.0. The summed E-state index contributed by atoms with van der Waals surface area (Å²) >= 11 is 0. The van der Waals surface area contributed by atoms with Crippen LogP contribution in [0, 0.1) is 0 Å². The first-order chi connectivity index (χ1) is 10.9. The maximum atomic E-state index is 4.42. The van der Waals surface area contributed by atoms with Crippen molar-refractivity contribution in [1.82, 2.24) is 19.9 Å². The molecule has 0 aromatic carbocycles. The molecule has 0 radical (unpaired) electrons. The molecule has 0 aliphatic heterocycles. The smallest absolute Gasteiger partial charge is 0.286 e. The average molecular weight is 346 g/mol. The van der Waals surface area contributed by atoms with E-state index in [1.54, 1.807) is 0 Å². The summed E-state index contributed by atoms with van der Waals surface area (Å²) in [6, 6.07) is 18.0. The molecule has 0 saturated heterocycles. The quantitative estimate of drug-likeness (QED) is 0.644. The van der Waals surface area contributed by atoms with Crippen LogP contribution in [0.25, 0.3) is 0 Å². The fourth-order valence-electron chi connectivity index (χ4n) is 2.33. The summed E-state index contributed by atoms with van der Waals surface area (Å²) in [5.74, 6) is 0. The summed E-state index contributed by atoms with van der Waals surface area (Å²) in [5, 5.41) is 0. The van der Waals surface area contributed by atoms with Crippen molar-refractivity contribution in [2.24, 2.45) is 0 Å². The van der Waals surface area contributed by atoms with E-state index in [1.807, 2.05) is 73.2 Å². The van der Waals surface area contributed by atoms with E-state index in [-0.39, 0.29) is 17.1 Å². The van der Waals surface area contributed by atoms with Crippen LogP contribution in [0.3, 0.4) is 0 Å². The summed E-state index contributed by atoms with van der Waals surface area (Å²) in [4.78, 5) is 15.6. The Morgan fingerprint density at radius 2 is 0.913 bits per heavy atom. The number of pyridine rings is 3. The second kappa shape index (κ2) is 9.15. The van der Waals surface area contributed by atoms with E-state index >= 15 is 0 Å². The predicted octanol–water partition coefficient (Wildman–Crippen LogP) is 3.07. The van der Waals surface area contributed by atoms with Gasteiger partial charge >= 0.3 is 17.1 Å². The molecule has 0 N–H and O–H groups in total. The van der Waals surface area contributed by atoms with Crippen LogP contribution >= 0.6 is 0 Å². The van der Waals surface area contributed by atoms with Crippen molar-refractivity contribution in [2.75, 3.05) is 0 Å². The molecule has 3 heterocycles. The van der Waals surface area contributed by atoms with Gasteiger partial charge in [-0.3, -0.25) is 19.9 Å². The maximum absolute atomic E-state index is 4.42. The molecular weight excluding hydrogens is 328 g/mol. The molecule has 5 heteroatoms. The second-order valence-electron chi connectivity index (χ2n) is 5.11. The SMILES string of the molecule is [Fe+2].c1ccc(CN(Cc2ccccn2)Cc2ccccn2)nc1. The first kappa shape index (κ1) is 17.3. The molecule has 0 unspecified atom stereocenters. The van der Waals surface area contributed by atoms with Crippen LogP contribution in [-0.2, 0) is 36.7 Å². The number of aromatic nitrogens is 3. The Morgan fingerprint density at radius 1 is 0.565 bits per heavy atom. The van der Waals surface area contributed by atoms with Gasteiger partial charge < -0.3 is 0 Å². The van der Waals surface area contributed by atoms with Gasteiger partial charge in [-0.15, -0.1) is 0 Å². The molecular formula is C18H18FeN4+2. The third kappa shape index (κ3) is 5.57. The Hall–Kier alpha value is -2.07. The Morgan fingerprint density at radius 3 is 1.17 bits per heavy atom. The van der Waals surface area contributed by atoms with Crippen molar-refractivity contribution < 1.29 is 17.1 Å². The van der Waals surface area contributed by atoms with Crippen LogP contribution in [-0.4, -0.2) is 19.9 Å². The Balaban J connectivity index is 0.00000192. The normalized spacial score (nSPS) is 10.3. The van der Waals surface area contributed by atoms with Crippen LogP contribution < -0.4 is 0 Å². The summed E-state index contributed by atoms with van der Waals surface area (Å²) in [5.41, 5.74) is 3.15. The van der Waals surface area contributed by atoms with E-state index in [0.29, 0.717) is 0 Å². The molecule has 0 saturated carbocycles. The predicted molar refractivity (Wildman–Crippen MR) is 85.7 cm³/mol. The Kier molecular flexibility index (Phi) is 6.88. The van der Waals surface area contributed by atoms with Crippen molar-refractivity contribution >= 4 is 0 Å². The third-order valence-electron chi connectivity index (χ3n) is 3.34. The van der Waals surface area contributed by atoms with E-state index < -0.39 is 0 Å². The average Bonchev–Trinajstić information content (AvgIpc) is 2.57. The molecule has 3 rings (SSSR count). The van der Waals surface area contributed by atoms with Crippen LogP contribution in [0.1, 0.15) is 17.1 Å². The van der Waals surface area contributed by atoms with Gasteiger partial charge in [-0.1, -0.05) is 18.2 Å². The molecule has 116 valence electrons. The van der Waals surface area contributed by atoms with Gasteiger partial charge in [0.05, 0.1) is 17.1 Å². The maximum Gasteiger partial charge on any atom is 2.00 e. The number of rotatable bonds is 6. The van der Waals surface area contributed by atoms with Crippen molar-refractivity contribution in [1.29, 1.82) is 0 Å². The first-order valence-electron chi connectivity index (χ1n) is 7.32. The topological polar surface area (TPSA) is 41.9 Å². The van der Waals surface area contributed by atoms with E-state index in [1.165, 1.54) is 0 Å². The molecule has 3 aromatic rings. The zero-order valence-corrected chi connectivity index (χ0v) is 13.8. The monoisotopic (exact) mass is 346 g/mol. The molecule has 0 amide bonds. The van der Waals surface area contributed by atoms with Crippen molar-refractivity contribution in [3.05, 3.63) is 90.3 Å². The van der Waals surface area contributed by atoms with Gasteiger partial charge in [0.25, 0.3) is 0 Å². The summed E-state index contributed by atoms with van der Waals surface area (Å²) in [7, 11) is 0. The van der Waals surface area contributed by atoms with E-state index in [0.717, 1.165) is 36.7 Å². The molecule has 0 aliphatic carbocycles. The van der Waals surface area contributed by atoms with E-state index in [4.69, 9.17) is 0 Å². The molecule has 3 aromatic heterocycles. The summed E-state index contributed by atoms with van der Waals surface area (Å²) in [6.45, 7) is 2.32. The van der Waals surface area contributed by atoms with Crippen molar-refractivity contribution in [3.63, 3.8) is 0 Å². The standard InChI is InChI=1S/C18H18N4.Fe/c1-4-10-19-16(7-1)13-22(14-17-8-2-5-11-20-17)15-18-9-3-6-12-21-18;/h1-12H,13-15H2;/q;+2. The minimum Gasteiger partial charge on any atom is -0.286 e. The molecule has 0 atom stereocenters. The number of nitrogens with zero attached hydrogens (tertiary/aromatic N) is 4. The van der Waals surface area contributed by atoms with Crippen LogP contribution in [0.4, 0.5) is 0 Å². The van der Waals surface area contributed by atoms with Gasteiger partial charge in [0, 0.05) is 38.2 Å². The molecule has 23 heavy (non-hydrogen) atoms. The van der Waals surface area contributed by atoms with Gasteiger partial charge in [0.2, 0.25) is 0 Å². The zero-order valence-electron chi connectivity index (χ0n) is 12.7. The number of hydrogen-bond acceptors (Lipinski definition) is 4. The largest absolute Gasteiger partial charge is 2.00 e. The van der Waals surface area contributed by atoms with Crippen molar-refractivity contribution in [2.45, 2.75) is 19.6 Å². The fraction of sp³-hybridized carbons (Fsp3) is 0.167.